The van der Waals surface area contributed by atoms with Crippen LogP contribution in [0.5, 0.6) is 0 Å². The van der Waals surface area contributed by atoms with E-state index in [9.17, 15) is 17.4 Å². The van der Waals surface area contributed by atoms with Crippen molar-refractivity contribution in [2.75, 3.05) is 16.8 Å². The number of fused-ring (bicyclic) bond motifs is 1. The predicted molar refractivity (Wildman–Crippen MR) is 102 cm³/mol. The number of benzene rings is 1. The average molecular weight is 406 g/mol. The minimum atomic E-state index is -4.38. The first-order valence-electron chi connectivity index (χ1n) is 8.80. The Labute approximate surface area is 161 Å². The Balaban J connectivity index is 1.70. The molecule has 0 bridgehead atoms. The molecule has 1 aliphatic rings. The lowest BCUT2D eigenvalue weighted by Gasteiger charge is -2.23. The van der Waals surface area contributed by atoms with Crippen molar-refractivity contribution < 1.29 is 17.4 Å². The number of hydrogen-bond acceptors (Lipinski definition) is 5. The highest BCUT2D eigenvalue weighted by molar-refractivity contribution is 7.85. The highest BCUT2D eigenvalue weighted by atomic mass is 32.2. The van der Waals surface area contributed by atoms with Gasteiger partial charge in [-0.05, 0) is 30.5 Å². The van der Waals surface area contributed by atoms with Gasteiger partial charge in [-0.1, -0.05) is 12.1 Å². The molecular weight excluding hydrogens is 389 g/mol. The average Bonchev–Trinajstić information content (AvgIpc) is 2.68. The Morgan fingerprint density at radius 3 is 2.43 bits per heavy atom. The van der Waals surface area contributed by atoms with Crippen LogP contribution < -0.4 is 5.32 Å². The molecule has 0 amide bonds. The number of alkyl halides is 3. The maximum atomic E-state index is 12.8. The van der Waals surface area contributed by atoms with Crippen LogP contribution in [0.3, 0.4) is 0 Å². The monoisotopic (exact) mass is 406 g/mol. The van der Waals surface area contributed by atoms with Gasteiger partial charge in [-0.15, -0.1) is 0 Å². The summed E-state index contributed by atoms with van der Waals surface area (Å²) < 4.78 is 50.2. The molecule has 1 N–H and O–H groups in total. The van der Waals surface area contributed by atoms with Crippen molar-refractivity contribution in [1.29, 1.82) is 0 Å². The van der Waals surface area contributed by atoms with Gasteiger partial charge in [0.1, 0.15) is 11.0 Å². The van der Waals surface area contributed by atoms with Crippen LogP contribution in [0.2, 0.25) is 0 Å². The quantitative estimate of drug-likeness (QED) is 0.711. The van der Waals surface area contributed by atoms with Crippen LogP contribution in [0, 0.1) is 0 Å². The number of halogens is 3. The lowest BCUT2D eigenvalue weighted by molar-refractivity contribution is -0.137. The fourth-order valence-electron chi connectivity index (χ4n) is 3.30. The lowest BCUT2D eigenvalue weighted by atomic mass is 10.0. The van der Waals surface area contributed by atoms with E-state index in [0.29, 0.717) is 33.7 Å². The SMILES string of the molecule is O=S1CCCC(Nc2ncc(-c3ccc(C(F)(F)F)cc3)c3nccnc23)C1. The largest absolute Gasteiger partial charge is 0.416 e. The van der Waals surface area contributed by atoms with Crippen LogP contribution in [0.25, 0.3) is 22.2 Å². The van der Waals surface area contributed by atoms with E-state index in [4.69, 9.17) is 0 Å². The standard InChI is InChI=1S/C19H17F3N4OS/c20-19(21,22)13-5-3-12(4-6-13)15-10-25-18(17-16(15)23-7-8-24-17)26-14-2-1-9-28(27)11-14/h3-8,10,14H,1-2,9,11H2,(H,25,26). The minimum absolute atomic E-state index is 0.0456. The maximum absolute atomic E-state index is 12.8. The second-order valence-corrected chi connectivity index (χ2v) is 8.26. The Morgan fingerprint density at radius 2 is 1.75 bits per heavy atom. The van der Waals surface area contributed by atoms with Crippen molar-refractivity contribution in [3.63, 3.8) is 0 Å². The molecule has 9 heteroatoms. The number of nitrogens with zero attached hydrogens (tertiary/aromatic N) is 3. The summed E-state index contributed by atoms with van der Waals surface area (Å²) in [7, 11) is -0.840. The molecule has 4 rings (SSSR count). The van der Waals surface area contributed by atoms with E-state index in [0.717, 1.165) is 30.7 Å². The van der Waals surface area contributed by atoms with Crippen LogP contribution >= 0.6 is 0 Å². The second kappa shape index (κ2) is 7.46. The van der Waals surface area contributed by atoms with Crippen LogP contribution in [-0.4, -0.2) is 36.7 Å². The van der Waals surface area contributed by atoms with Crippen molar-refractivity contribution in [1.82, 2.24) is 15.0 Å². The zero-order valence-electron chi connectivity index (χ0n) is 14.7. The summed E-state index contributed by atoms with van der Waals surface area (Å²) in [6.45, 7) is 0. The molecule has 2 unspecified atom stereocenters. The lowest BCUT2D eigenvalue weighted by Crippen LogP contribution is -2.32. The number of nitrogens with one attached hydrogen (secondary N) is 1. The van der Waals surface area contributed by atoms with E-state index < -0.39 is 22.5 Å². The molecule has 2 aromatic heterocycles. The number of anilines is 1. The third-order valence-corrected chi connectivity index (χ3v) is 6.19. The molecule has 5 nitrogen and oxygen atoms in total. The van der Waals surface area contributed by atoms with E-state index in [1.807, 2.05) is 0 Å². The first-order valence-corrected chi connectivity index (χ1v) is 10.3. The summed E-state index contributed by atoms with van der Waals surface area (Å²) in [5.74, 6) is 1.82. The van der Waals surface area contributed by atoms with Gasteiger partial charge in [-0.3, -0.25) is 9.19 Å². The second-order valence-electron chi connectivity index (χ2n) is 6.64. The van der Waals surface area contributed by atoms with Crippen molar-refractivity contribution in [3.8, 4) is 11.1 Å². The van der Waals surface area contributed by atoms with Gasteiger partial charge in [-0.25, -0.2) is 9.97 Å². The van der Waals surface area contributed by atoms with E-state index in [1.54, 1.807) is 12.4 Å². The predicted octanol–water partition coefficient (Wildman–Crippen LogP) is 4.03. The van der Waals surface area contributed by atoms with Crippen molar-refractivity contribution in [3.05, 3.63) is 48.4 Å². The molecular formula is C19H17F3N4OS. The van der Waals surface area contributed by atoms with Crippen molar-refractivity contribution in [2.24, 2.45) is 0 Å². The number of pyridine rings is 1. The first-order chi connectivity index (χ1) is 13.4. The fraction of sp³-hybridized carbons (Fsp3) is 0.316. The summed E-state index contributed by atoms with van der Waals surface area (Å²) in [6, 6.07) is 4.95. The van der Waals surface area contributed by atoms with Gasteiger partial charge in [0.05, 0.1) is 5.56 Å². The number of aromatic nitrogens is 3. The molecule has 1 saturated heterocycles. The molecule has 0 radical (unpaired) electrons. The molecule has 1 aliphatic heterocycles. The summed E-state index contributed by atoms with van der Waals surface area (Å²) in [5, 5.41) is 3.31. The topological polar surface area (TPSA) is 67.8 Å². The minimum Gasteiger partial charge on any atom is -0.365 e. The Bertz CT molecular complexity index is 1020. The highest BCUT2D eigenvalue weighted by Gasteiger charge is 2.30. The van der Waals surface area contributed by atoms with Gasteiger partial charge in [0.2, 0.25) is 0 Å². The smallest absolute Gasteiger partial charge is 0.365 e. The molecule has 28 heavy (non-hydrogen) atoms. The molecule has 2 atom stereocenters. The summed E-state index contributed by atoms with van der Waals surface area (Å²) in [4.78, 5) is 13.2. The molecule has 146 valence electrons. The third kappa shape index (κ3) is 3.84. The van der Waals surface area contributed by atoms with Gasteiger partial charge in [0.25, 0.3) is 0 Å². The highest BCUT2D eigenvalue weighted by Crippen LogP contribution is 2.33. The van der Waals surface area contributed by atoms with Crippen LogP contribution in [0.4, 0.5) is 19.0 Å². The Morgan fingerprint density at radius 1 is 1.04 bits per heavy atom. The molecule has 0 spiro atoms. The van der Waals surface area contributed by atoms with Crippen LogP contribution in [0.1, 0.15) is 18.4 Å². The third-order valence-electron chi connectivity index (χ3n) is 4.68. The Kier molecular flexibility index (Phi) is 5.01. The van der Waals surface area contributed by atoms with E-state index in [-0.39, 0.29) is 6.04 Å². The number of rotatable bonds is 3. The molecule has 3 aromatic rings. The van der Waals surface area contributed by atoms with E-state index in [1.165, 1.54) is 18.3 Å². The molecule has 1 fully saturated rings. The molecule has 0 aliphatic carbocycles. The van der Waals surface area contributed by atoms with Gasteiger partial charge in [0, 0.05) is 52.5 Å². The van der Waals surface area contributed by atoms with Gasteiger partial charge < -0.3 is 5.32 Å². The zero-order valence-corrected chi connectivity index (χ0v) is 15.6. The van der Waals surface area contributed by atoms with Gasteiger partial charge in [0.15, 0.2) is 5.82 Å². The zero-order chi connectivity index (χ0) is 19.7. The van der Waals surface area contributed by atoms with Gasteiger partial charge in [-0.2, -0.15) is 13.2 Å². The fourth-order valence-corrected chi connectivity index (χ4v) is 4.66. The Hall–Kier alpha value is -2.55. The first kappa shape index (κ1) is 18.8. The van der Waals surface area contributed by atoms with Crippen LogP contribution in [0.15, 0.2) is 42.9 Å². The number of hydrogen-bond donors (Lipinski definition) is 1. The molecule has 1 aromatic carbocycles. The van der Waals surface area contributed by atoms with Crippen molar-refractivity contribution >= 4 is 27.7 Å². The maximum Gasteiger partial charge on any atom is 0.416 e. The summed E-state index contributed by atoms with van der Waals surface area (Å²) in [5.41, 5.74) is 1.57. The summed E-state index contributed by atoms with van der Waals surface area (Å²) in [6.07, 6.45) is 2.07. The normalized spacial score (nSPS) is 20.2. The summed E-state index contributed by atoms with van der Waals surface area (Å²) >= 11 is 0. The van der Waals surface area contributed by atoms with E-state index >= 15 is 0 Å². The van der Waals surface area contributed by atoms with E-state index in [2.05, 4.69) is 20.3 Å². The van der Waals surface area contributed by atoms with Gasteiger partial charge >= 0.3 is 6.18 Å². The van der Waals surface area contributed by atoms with Crippen molar-refractivity contribution in [2.45, 2.75) is 25.1 Å². The molecule has 3 heterocycles. The van der Waals surface area contributed by atoms with Crippen LogP contribution in [-0.2, 0) is 17.0 Å². The molecule has 0 saturated carbocycles.